The highest BCUT2D eigenvalue weighted by Crippen LogP contribution is 1.89. The van der Waals surface area contributed by atoms with Crippen LogP contribution in [0.2, 0.25) is 0 Å². The van der Waals surface area contributed by atoms with Gasteiger partial charge in [0.05, 0.1) is 13.5 Å². The van der Waals surface area contributed by atoms with Gasteiger partial charge in [-0.2, -0.15) is 0 Å². The van der Waals surface area contributed by atoms with Crippen LogP contribution in [0.15, 0.2) is 0 Å². The molecule has 0 saturated heterocycles. The molecule has 0 aliphatic heterocycles. The quantitative estimate of drug-likeness (QED) is 0.515. The molecule has 0 saturated carbocycles. The van der Waals surface area contributed by atoms with Crippen molar-refractivity contribution >= 4 is 0 Å². The fourth-order valence-corrected chi connectivity index (χ4v) is 1.01. The van der Waals surface area contributed by atoms with Crippen LogP contribution in [0.4, 0.5) is 0 Å². The third kappa shape index (κ3) is 4.66. The molecule has 0 bridgehead atoms. The van der Waals surface area contributed by atoms with E-state index in [0.717, 1.165) is 19.6 Å². The number of nitrogens with zero attached hydrogens (tertiary/aromatic N) is 2. The summed E-state index contributed by atoms with van der Waals surface area (Å²) in [6.45, 7) is 7.71. The largest absolute Gasteiger partial charge is 0.381 e. The molecule has 2 N–H and O–H groups in total. The Hall–Kier alpha value is -0.160. The first kappa shape index (κ1) is 11.8. The van der Waals surface area contributed by atoms with Gasteiger partial charge in [0.1, 0.15) is 0 Å². The summed E-state index contributed by atoms with van der Waals surface area (Å²) in [5.74, 6) is 0. The molecular formula is C8H20N2O2. The molecule has 0 amide bonds. The van der Waals surface area contributed by atoms with Gasteiger partial charge in [-0.3, -0.25) is 4.90 Å². The molecule has 0 fully saturated rings. The summed E-state index contributed by atoms with van der Waals surface area (Å²) in [5, 5.41) is 17.5. The third-order valence-electron chi connectivity index (χ3n) is 2.03. The lowest BCUT2D eigenvalue weighted by molar-refractivity contribution is 0.0234. The van der Waals surface area contributed by atoms with Crippen molar-refractivity contribution in [3.8, 4) is 0 Å². The molecule has 0 atom stereocenters. The molecule has 0 aliphatic rings. The van der Waals surface area contributed by atoms with E-state index >= 15 is 0 Å². The molecule has 4 nitrogen and oxygen atoms in total. The van der Waals surface area contributed by atoms with Crippen LogP contribution in [0.25, 0.3) is 0 Å². The van der Waals surface area contributed by atoms with Gasteiger partial charge >= 0.3 is 0 Å². The van der Waals surface area contributed by atoms with Gasteiger partial charge in [0.2, 0.25) is 0 Å². The fraction of sp³-hybridized carbons (Fsp3) is 1.00. The maximum absolute atomic E-state index is 8.73. The molecule has 0 spiro atoms. The lowest BCUT2D eigenvalue weighted by atomic mass is 10.4. The van der Waals surface area contributed by atoms with E-state index in [1.807, 2.05) is 0 Å². The van der Waals surface area contributed by atoms with E-state index in [2.05, 4.69) is 18.7 Å². The Morgan fingerprint density at radius 3 is 1.58 bits per heavy atom. The second kappa shape index (κ2) is 7.49. The number of hydrogen-bond donors (Lipinski definition) is 2. The van der Waals surface area contributed by atoms with Crippen molar-refractivity contribution in [2.45, 2.75) is 13.8 Å². The Morgan fingerprint density at radius 2 is 1.25 bits per heavy atom. The topological polar surface area (TPSA) is 46.9 Å². The zero-order valence-corrected chi connectivity index (χ0v) is 8.03. The minimum atomic E-state index is -0.0717. The number of aliphatic hydroxyl groups excluding tert-OH is 2. The number of rotatable bonds is 7. The van der Waals surface area contributed by atoms with Gasteiger partial charge in [0.15, 0.2) is 0 Å². The van der Waals surface area contributed by atoms with Gasteiger partial charge in [0, 0.05) is 13.1 Å². The SMILES string of the molecule is CCN(CC)CCN(CO)CO. The summed E-state index contributed by atoms with van der Waals surface area (Å²) in [7, 11) is 0. The summed E-state index contributed by atoms with van der Waals surface area (Å²) >= 11 is 0. The van der Waals surface area contributed by atoms with Crippen molar-refractivity contribution in [3.05, 3.63) is 0 Å². The van der Waals surface area contributed by atoms with Crippen LogP contribution < -0.4 is 0 Å². The summed E-state index contributed by atoms with van der Waals surface area (Å²) in [6, 6.07) is 0. The van der Waals surface area contributed by atoms with Crippen LogP contribution in [-0.4, -0.2) is 59.7 Å². The van der Waals surface area contributed by atoms with Crippen molar-refractivity contribution in [1.29, 1.82) is 0 Å². The minimum Gasteiger partial charge on any atom is -0.381 e. The van der Waals surface area contributed by atoms with Gasteiger partial charge in [-0.1, -0.05) is 13.8 Å². The Balaban J connectivity index is 3.49. The van der Waals surface area contributed by atoms with Gasteiger partial charge in [-0.15, -0.1) is 0 Å². The minimum absolute atomic E-state index is 0.0717. The van der Waals surface area contributed by atoms with Gasteiger partial charge in [-0.25, -0.2) is 0 Å². The van der Waals surface area contributed by atoms with E-state index in [9.17, 15) is 0 Å². The molecule has 74 valence electrons. The molecule has 0 aromatic rings. The molecule has 0 heterocycles. The van der Waals surface area contributed by atoms with E-state index in [4.69, 9.17) is 10.2 Å². The van der Waals surface area contributed by atoms with Crippen molar-refractivity contribution in [3.63, 3.8) is 0 Å². The van der Waals surface area contributed by atoms with E-state index < -0.39 is 0 Å². The van der Waals surface area contributed by atoms with Crippen LogP contribution in [0.3, 0.4) is 0 Å². The number of hydrogen-bond acceptors (Lipinski definition) is 4. The van der Waals surface area contributed by atoms with Gasteiger partial charge < -0.3 is 15.1 Å². The normalized spacial score (nSPS) is 11.5. The van der Waals surface area contributed by atoms with Crippen molar-refractivity contribution in [2.75, 3.05) is 39.6 Å². The average molecular weight is 176 g/mol. The summed E-state index contributed by atoms with van der Waals surface area (Å²) in [6.07, 6.45) is 0. The second-order valence-electron chi connectivity index (χ2n) is 2.70. The van der Waals surface area contributed by atoms with E-state index in [1.165, 1.54) is 0 Å². The standard InChI is InChI=1S/C8H20N2O2/c1-3-9(4-2)5-6-10(7-11)8-12/h11-12H,3-8H2,1-2H3. The molecule has 0 radical (unpaired) electrons. The van der Waals surface area contributed by atoms with E-state index in [-0.39, 0.29) is 13.5 Å². The summed E-state index contributed by atoms with van der Waals surface area (Å²) in [4.78, 5) is 3.83. The fourth-order valence-electron chi connectivity index (χ4n) is 1.01. The maximum atomic E-state index is 8.73. The third-order valence-corrected chi connectivity index (χ3v) is 2.03. The molecule has 12 heavy (non-hydrogen) atoms. The Labute approximate surface area is 74.4 Å². The highest BCUT2D eigenvalue weighted by Gasteiger charge is 2.03. The van der Waals surface area contributed by atoms with Gasteiger partial charge in [-0.05, 0) is 13.1 Å². The van der Waals surface area contributed by atoms with Crippen LogP contribution in [0.5, 0.6) is 0 Å². The predicted molar refractivity (Wildman–Crippen MR) is 48.7 cm³/mol. The Bertz CT molecular complexity index is 81.1. The maximum Gasteiger partial charge on any atom is 0.0974 e. The van der Waals surface area contributed by atoms with Crippen LogP contribution in [0.1, 0.15) is 13.8 Å². The zero-order chi connectivity index (χ0) is 9.40. The monoisotopic (exact) mass is 176 g/mol. The molecule has 0 aromatic heterocycles. The summed E-state index contributed by atoms with van der Waals surface area (Å²) in [5.41, 5.74) is 0. The lowest BCUT2D eigenvalue weighted by Crippen LogP contribution is -2.36. The van der Waals surface area contributed by atoms with Gasteiger partial charge in [0.25, 0.3) is 0 Å². The van der Waals surface area contributed by atoms with Crippen molar-refractivity contribution in [2.24, 2.45) is 0 Å². The van der Waals surface area contributed by atoms with Crippen molar-refractivity contribution in [1.82, 2.24) is 9.80 Å². The first-order valence-electron chi connectivity index (χ1n) is 4.44. The molecule has 4 heteroatoms. The smallest absolute Gasteiger partial charge is 0.0974 e. The Kier molecular flexibility index (Phi) is 7.39. The molecule has 0 unspecified atom stereocenters. The van der Waals surface area contributed by atoms with E-state index in [1.54, 1.807) is 4.90 Å². The second-order valence-corrected chi connectivity index (χ2v) is 2.70. The Morgan fingerprint density at radius 1 is 0.833 bits per heavy atom. The molecule has 0 aliphatic carbocycles. The first-order valence-corrected chi connectivity index (χ1v) is 4.44. The highest BCUT2D eigenvalue weighted by molar-refractivity contribution is 4.55. The number of likely N-dealkylation sites (N-methyl/N-ethyl adjacent to an activating group) is 1. The average Bonchev–Trinajstić information content (AvgIpc) is 2.13. The van der Waals surface area contributed by atoms with Crippen LogP contribution in [0, 0.1) is 0 Å². The highest BCUT2D eigenvalue weighted by atomic mass is 16.3. The van der Waals surface area contributed by atoms with Crippen LogP contribution in [-0.2, 0) is 0 Å². The molecular weight excluding hydrogens is 156 g/mol. The molecule has 0 rings (SSSR count). The number of aliphatic hydroxyl groups is 2. The predicted octanol–water partition coefficient (Wildman–Crippen LogP) is -0.470. The van der Waals surface area contributed by atoms with E-state index in [0.29, 0.717) is 6.54 Å². The first-order chi connectivity index (χ1) is 5.78. The van der Waals surface area contributed by atoms with Crippen LogP contribution >= 0.6 is 0 Å². The molecule has 0 aromatic carbocycles. The lowest BCUT2D eigenvalue weighted by Gasteiger charge is -2.22. The zero-order valence-electron chi connectivity index (χ0n) is 8.03. The summed E-state index contributed by atoms with van der Waals surface area (Å²) < 4.78 is 0. The van der Waals surface area contributed by atoms with Crippen molar-refractivity contribution < 1.29 is 10.2 Å².